The molecule has 2 aromatic carbocycles. The lowest BCUT2D eigenvalue weighted by Gasteiger charge is -2.25. The van der Waals surface area contributed by atoms with E-state index in [0.29, 0.717) is 31.2 Å². The van der Waals surface area contributed by atoms with Gasteiger partial charge >= 0.3 is 0 Å². The predicted octanol–water partition coefficient (Wildman–Crippen LogP) is 4.05. The molecule has 0 atom stereocenters. The summed E-state index contributed by atoms with van der Waals surface area (Å²) in [7, 11) is 3.72. The Bertz CT molecular complexity index is 797. The van der Waals surface area contributed by atoms with Crippen LogP contribution in [-0.2, 0) is 0 Å². The lowest BCUT2D eigenvalue weighted by molar-refractivity contribution is 0.0978. The number of ketones is 2. The van der Waals surface area contributed by atoms with E-state index in [1.54, 1.807) is 24.3 Å². The van der Waals surface area contributed by atoms with Gasteiger partial charge in [0.05, 0.1) is 11.1 Å². The smallest absolute Gasteiger partial charge is 0.196 e. The molecule has 0 aliphatic heterocycles. The Morgan fingerprint density at radius 1 is 0.810 bits per heavy atom. The SMILES string of the molecule is CN(C)c1ccc(Br)c2c1C(=O)c1cccc(Br)c1C2=O. The number of carbonyl (C=O) groups is 2. The molecular formula is C16H11Br2NO2. The van der Waals surface area contributed by atoms with Crippen LogP contribution in [-0.4, -0.2) is 25.7 Å². The normalized spacial score (nSPS) is 13.0. The molecule has 0 radical (unpaired) electrons. The molecule has 0 N–H and O–H groups in total. The summed E-state index contributed by atoms with van der Waals surface area (Å²) in [6.45, 7) is 0. The third-order valence-electron chi connectivity index (χ3n) is 3.55. The molecule has 0 aromatic heterocycles. The lowest BCUT2D eigenvalue weighted by atomic mass is 9.83. The summed E-state index contributed by atoms with van der Waals surface area (Å²) in [4.78, 5) is 27.5. The maximum atomic E-state index is 12.9. The van der Waals surface area contributed by atoms with Crippen molar-refractivity contribution in [2.24, 2.45) is 0 Å². The fourth-order valence-electron chi connectivity index (χ4n) is 2.59. The van der Waals surface area contributed by atoms with Gasteiger partial charge in [-0.1, -0.05) is 44.0 Å². The number of fused-ring (bicyclic) bond motifs is 2. The van der Waals surface area contributed by atoms with E-state index in [1.807, 2.05) is 25.1 Å². The minimum atomic E-state index is -0.136. The van der Waals surface area contributed by atoms with Crippen LogP contribution in [0.15, 0.2) is 39.3 Å². The maximum absolute atomic E-state index is 12.9. The van der Waals surface area contributed by atoms with Crippen LogP contribution in [0, 0.1) is 0 Å². The van der Waals surface area contributed by atoms with Gasteiger partial charge in [0, 0.05) is 39.9 Å². The Morgan fingerprint density at radius 2 is 1.48 bits per heavy atom. The highest BCUT2D eigenvalue weighted by molar-refractivity contribution is 9.11. The summed E-state index contributed by atoms with van der Waals surface area (Å²) in [5.74, 6) is -0.256. The summed E-state index contributed by atoms with van der Waals surface area (Å²) in [5, 5.41) is 0. The number of benzene rings is 2. The Morgan fingerprint density at radius 3 is 2.14 bits per heavy atom. The maximum Gasteiger partial charge on any atom is 0.196 e. The van der Waals surface area contributed by atoms with E-state index in [1.165, 1.54) is 0 Å². The Kier molecular flexibility index (Phi) is 3.50. The van der Waals surface area contributed by atoms with Gasteiger partial charge in [-0.2, -0.15) is 0 Å². The average Bonchev–Trinajstić information content (AvgIpc) is 2.43. The topological polar surface area (TPSA) is 37.4 Å². The zero-order valence-corrected chi connectivity index (χ0v) is 14.6. The molecule has 0 saturated carbocycles. The standard InChI is InChI=1S/C16H11Br2NO2/c1-19(2)11-7-6-10(18)13-14(11)15(20)8-4-3-5-9(17)12(8)16(13)21/h3-7H,1-2H3. The summed E-state index contributed by atoms with van der Waals surface area (Å²) in [5.41, 5.74) is 2.53. The second-order valence-corrected chi connectivity index (χ2v) is 6.74. The van der Waals surface area contributed by atoms with Crippen LogP contribution in [0.5, 0.6) is 0 Å². The molecule has 2 aromatic rings. The average molecular weight is 409 g/mol. The van der Waals surface area contributed by atoms with Crippen LogP contribution in [0.1, 0.15) is 31.8 Å². The molecule has 3 rings (SSSR count). The van der Waals surface area contributed by atoms with Crippen molar-refractivity contribution < 1.29 is 9.59 Å². The van der Waals surface area contributed by atoms with Gasteiger partial charge < -0.3 is 4.90 Å². The van der Waals surface area contributed by atoms with Gasteiger partial charge in [0.25, 0.3) is 0 Å². The van der Waals surface area contributed by atoms with Crippen LogP contribution >= 0.6 is 31.9 Å². The van der Waals surface area contributed by atoms with Crippen molar-refractivity contribution in [1.82, 2.24) is 0 Å². The first-order valence-electron chi connectivity index (χ1n) is 6.31. The summed E-state index contributed by atoms with van der Waals surface area (Å²) in [6, 6.07) is 8.90. The minimum Gasteiger partial charge on any atom is -0.377 e. The highest BCUT2D eigenvalue weighted by atomic mass is 79.9. The molecule has 5 heteroatoms. The molecule has 0 fully saturated rings. The van der Waals surface area contributed by atoms with Gasteiger partial charge in [-0.05, 0) is 18.2 Å². The molecular weight excluding hydrogens is 398 g/mol. The zero-order chi connectivity index (χ0) is 15.3. The van der Waals surface area contributed by atoms with E-state index in [0.717, 1.165) is 5.69 Å². The van der Waals surface area contributed by atoms with Crippen LogP contribution in [0.3, 0.4) is 0 Å². The molecule has 0 unspecified atom stereocenters. The van der Waals surface area contributed by atoms with Gasteiger partial charge in [-0.25, -0.2) is 0 Å². The van der Waals surface area contributed by atoms with Crippen LogP contribution < -0.4 is 4.90 Å². The quantitative estimate of drug-likeness (QED) is 0.609. The number of hydrogen-bond acceptors (Lipinski definition) is 3. The fourth-order valence-corrected chi connectivity index (χ4v) is 3.65. The van der Waals surface area contributed by atoms with Crippen molar-refractivity contribution in [3.63, 3.8) is 0 Å². The molecule has 106 valence electrons. The van der Waals surface area contributed by atoms with E-state index in [2.05, 4.69) is 31.9 Å². The fraction of sp³-hybridized carbons (Fsp3) is 0.125. The molecule has 3 nitrogen and oxygen atoms in total. The van der Waals surface area contributed by atoms with E-state index in [4.69, 9.17) is 0 Å². The van der Waals surface area contributed by atoms with E-state index in [-0.39, 0.29) is 11.6 Å². The number of rotatable bonds is 1. The van der Waals surface area contributed by atoms with Gasteiger partial charge in [-0.15, -0.1) is 0 Å². The van der Waals surface area contributed by atoms with Crippen molar-refractivity contribution in [1.29, 1.82) is 0 Å². The number of carbonyl (C=O) groups excluding carboxylic acids is 2. The van der Waals surface area contributed by atoms with Crippen LogP contribution in [0.2, 0.25) is 0 Å². The lowest BCUT2D eigenvalue weighted by Crippen LogP contribution is -2.25. The third-order valence-corrected chi connectivity index (χ3v) is 4.88. The molecule has 0 amide bonds. The summed E-state index contributed by atoms with van der Waals surface area (Å²) < 4.78 is 1.29. The van der Waals surface area contributed by atoms with Gasteiger partial charge in [0.2, 0.25) is 0 Å². The third kappa shape index (κ3) is 2.07. The molecule has 21 heavy (non-hydrogen) atoms. The van der Waals surface area contributed by atoms with Crippen molar-refractivity contribution in [3.8, 4) is 0 Å². The second-order valence-electron chi connectivity index (χ2n) is 5.03. The van der Waals surface area contributed by atoms with Gasteiger partial charge in [-0.3, -0.25) is 9.59 Å². The summed E-state index contributed by atoms with van der Waals surface area (Å²) in [6.07, 6.45) is 0. The first kappa shape index (κ1) is 14.5. The van der Waals surface area contributed by atoms with Crippen LogP contribution in [0.25, 0.3) is 0 Å². The first-order valence-corrected chi connectivity index (χ1v) is 7.89. The van der Waals surface area contributed by atoms with Crippen molar-refractivity contribution in [3.05, 3.63) is 61.5 Å². The number of hydrogen-bond donors (Lipinski definition) is 0. The highest BCUT2D eigenvalue weighted by Crippen LogP contribution is 2.39. The van der Waals surface area contributed by atoms with E-state index in [9.17, 15) is 9.59 Å². The minimum absolute atomic E-state index is 0.120. The molecule has 0 spiro atoms. The summed E-state index contributed by atoms with van der Waals surface area (Å²) >= 11 is 6.78. The Balaban J connectivity index is 2.40. The van der Waals surface area contributed by atoms with Gasteiger partial charge in [0.1, 0.15) is 0 Å². The van der Waals surface area contributed by atoms with Crippen molar-refractivity contribution in [2.75, 3.05) is 19.0 Å². The molecule has 0 bridgehead atoms. The van der Waals surface area contributed by atoms with E-state index < -0.39 is 0 Å². The number of anilines is 1. The Hall–Kier alpha value is -1.46. The largest absolute Gasteiger partial charge is 0.377 e. The highest BCUT2D eigenvalue weighted by Gasteiger charge is 2.35. The number of halogens is 2. The monoisotopic (exact) mass is 407 g/mol. The molecule has 1 aliphatic carbocycles. The van der Waals surface area contributed by atoms with Crippen LogP contribution in [0.4, 0.5) is 5.69 Å². The predicted molar refractivity (Wildman–Crippen MR) is 89.5 cm³/mol. The molecule has 0 saturated heterocycles. The van der Waals surface area contributed by atoms with Crippen molar-refractivity contribution >= 4 is 49.1 Å². The molecule has 1 aliphatic rings. The van der Waals surface area contributed by atoms with Crippen molar-refractivity contribution in [2.45, 2.75) is 0 Å². The molecule has 0 heterocycles. The second kappa shape index (κ2) is 5.07. The number of nitrogens with zero attached hydrogens (tertiary/aromatic N) is 1. The Labute approximate surface area is 139 Å². The zero-order valence-electron chi connectivity index (χ0n) is 11.4. The van der Waals surface area contributed by atoms with Gasteiger partial charge in [0.15, 0.2) is 11.6 Å². The first-order chi connectivity index (χ1) is 9.93. The van der Waals surface area contributed by atoms with E-state index >= 15 is 0 Å².